The second kappa shape index (κ2) is 10.0. The number of benzene rings is 1. The largest absolute Gasteiger partial charge is 0.497 e. The van der Waals surface area contributed by atoms with Crippen LogP contribution in [0.2, 0.25) is 0 Å². The van der Waals surface area contributed by atoms with Gasteiger partial charge in [0.05, 0.1) is 7.11 Å². The van der Waals surface area contributed by atoms with E-state index in [0.717, 1.165) is 44.3 Å². The molecular weight excluding hydrogens is 342 g/mol. The molecule has 150 valence electrons. The zero-order valence-electron chi connectivity index (χ0n) is 17.2. The van der Waals surface area contributed by atoms with Crippen molar-refractivity contribution in [3.05, 3.63) is 24.3 Å². The summed E-state index contributed by atoms with van der Waals surface area (Å²) in [4.78, 5) is 22.7. The smallest absolute Gasteiger partial charge is 0.243 e. The van der Waals surface area contributed by atoms with Crippen LogP contribution in [0.3, 0.4) is 0 Å². The van der Waals surface area contributed by atoms with Crippen molar-refractivity contribution in [1.82, 2.24) is 15.1 Å². The molecule has 7 heteroatoms. The van der Waals surface area contributed by atoms with Gasteiger partial charge in [-0.1, -0.05) is 13.0 Å². The van der Waals surface area contributed by atoms with Crippen molar-refractivity contribution in [3.8, 4) is 5.75 Å². The fourth-order valence-corrected chi connectivity index (χ4v) is 2.83. The predicted molar refractivity (Wildman–Crippen MR) is 111 cm³/mol. The number of nitrogens with one attached hydrogen (secondary N) is 1. The maximum atomic E-state index is 11.9. The molecule has 7 nitrogen and oxygen atoms in total. The van der Waals surface area contributed by atoms with Gasteiger partial charge in [0, 0.05) is 58.1 Å². The van der Waals surface area contributed by atoms with Crippen LogP contribution < -0.4 is 15.0 Å². The van der Waals surface area contributed by atoms with Gasteiger partial charge in [-0.05, 0) is 25.5 Å². The summed E-state index contributed by atoms with van der Waals surface area (Å²) in [7, 11) is 5.20. The highest BCUT2D eigenvalue weighted by Crippen LogP contribution is 2.22. The molecule has 0 bridgehead atoms. The van der Waals surface area contributed by atoms with Crippen LogP contribution >= 0.6 is 0 Å². The van der Waals surface area contributed by atoms with Crippen LogP contribution in [0.25, 0.3) is 0 Å². The number of carbonyl (C=O) groups excluding carboxylic acids is 1. The summed E-state index contributed by atoms with van der Waals surface area (Å²) in [5, 5.41) is 3.47. The number of nitrogens with zero attached hydrogens (tertiary/aromatic N) is 4. The minimum Gasteiger partial charge on any atom is -0.497 e. The van der Waals surface area contributed by atoms with Crippen molar-refractivity contribution in [1.29, 1.82) is 0 Å². The monoisotopic (exact) mass is 375 g/mol. The number of hydrogen-bond donors (Lipinski definition) is 1. The first-order valence-electron chi connectivity index (χ1n) is 9.59. The van der Waals surface area contributed by atoms with Crippen LogP contribution in [0.4, 0.5) is 5.69 Å². The van der Waals surface area contributed by atoms with Crippen molar-refractivity contribution in [3.63, 3.8) is 0 Å². The van der Waals surface area contributed by atoms with Gasteiger partial charge in [0.15, 0.2) is 5.96 Å². The lowest BCUT2D eigenvalue weighted by molar-refractivity contribution is -0.127. The molecule has 1 N–H and O–H groups in total. The summed E-state index contributed by atoms with van der Waals surface area (Å²) in [6.45, 7) is 7.95. The Morgan fingerprint density at radius 3 is 2.59 bits per heavy atom. The van der Waals surface area contributed by atoms with Gasteiger partial charge < -0.3 is 24.8 Å². The summed E-state index contributed by atoms with van der Waals surface area (Å²) >= 11 is 0. The second-order valence-corrected chi connectivity index (χ2v) is 7.06. The molecule has 0 saturated carbocycles. The van der Waals surface area contributed by atoms with Gasteiger partial charge in [-0.15, -0.1) is 0 Å². The summed E-state index contributed by atoms with van der Waals surface area (Å²) in [5.41, 5.74) is 1.17. The number of carbonyl (C=O) groups is 1. The minimum absolute atomic E-state index is 0.00784. The van der Waals surface area contributed by atoms with Crippen molar-refractivity contribution >= 4 is 17.6 Å². The summed E-state index contributed by atoms with van der Waals surface area (Å²) in [6.07, 6.45) is 1.00. The molecule has 0 radical (unpaired) electrons. The highest BCUT2D eigenvalue weighted by Gasteiger charge is 2.21. The SMILES string of the molecule is CCC(C)NC(=NCC(=O)N(C)C)N1CCN(c2cccc(OC)c2)CC1. The quantitative estimate of drug-likeness (QED) is 0.605. The maximum Gasteiger partial charge on any atom is 0.243 e. The van der Waals surface area contributed by atoms with E-state index in [1.165, 1.54) is 5.69 Å². The molecule has 1 aliphatic heterocycles. The first-order chi connectivity index (χ1) is 12.9. The number of anilines is 1. The van der Waals surface area contributed by atoms with Crippen molar-refractivity contribution < 1.29 is 9.53 Å². The van der Waals surface area contributed by atoms with Gasteiger partial charge >= 0.3 is 0 Å². The highest BCUT2D eigenvalue weighted by atomic mass is 16.5. The Morgan fingerprint density at radius 1 is 1.30 bits per heavy atom. The Bertz CT molecular complexity index is 639. The number of amides is 1. The van der Waals surface area contributed by atoms with Gasteiger partial charge in [0.1, 0.15) is 12.3 Å². The molecule has 1 aliphatic rings. The molecule has 1 aromatic carbocycles. The van der Waals surface area contributed by atoms with Crippen molar-refractivity contribution in [2.24, 2.45) is 4.99 Å². The van der Waals surface area contributed by atoms with Gasteiger partial charge in [0.2, 0.25) is 5.91 Å². The number of rotatable bonds is 6. The van der Waals surface area contributed by atoms with E-state index < -0.39 is 0 Å². The third-order valence-electron chi connectivity index (χ3n) is 4.85. The topological polar surface area (TPSA) is 60.4 Å². The van der Waals surface area contributed by atoms with E-state index >= 15 is 0 Å². The molecule has 27 heavy (non-hydrogen) atoms. The number of aliphatic imine (C=N–C) groups is 1. The second-order valence-electron chi connectivity index (χ2n) is 7.06. The normalized spacial score (nSPS) is 16.1. The molecule has 0 spiro atoms. The Balaban J connectivity index is 2.03. The van der Waals surface area contributed by atoms with E-state index in [-0.39, 0.29) is 12.5 Å². The predicted octanol–water partition coefficient (Wildman–Crippen LogP) is 1.65. The number of guanidine groups is 1. The van der Waals surface area contributed by atoms with Crippen LogP contribution in [0.1, 0.15) is 20.3 Å². The van der Waals surface area contributed by atoms with Gasteiger partial charge in [0.25, 0.3) is 0 Å². The molecule has 1 saturated heterocycles. The maximum absolute atomic E-state index is 11.9. The molecule has 1 amide bonds. The zero-order valence-corrected chi connectivity index (χ0v) is 17.2. The minimum atomic E-state index is 0.00784. The number of likely N-dealkylation sites (N-methyl/N-ethyl adjacent to an activating group) is 1. The third-order valence-corrected chi connectivity index (χ3v) is 4.85. The molecule has 0 aliphatic carbocycles. The van der Waals surface area contributed by atoms with Crippen LogP contribution in [-0.2, 0) is 4.79 Å². The molecule has 1 atom stereocenters. The molecule has 1 unspecified atom stereocenters. The van der Waals surface area contributed by atoms with Gasteiger partial charge in [-0.2, -0.15) is 0 Å². The molecule has 0 aromatic heterocycles. The molecular formula is C20H33N5O2. The van der Waals surface area contributed by atoms with Crippen LogP contribution in [0.15, 0.2) is 29.3 Å². The zero-order chi connectivity index (χ0) is 19.8. The molecule has 1 aromatic rings. The Morgan fingerprint density at radius 2 is 2.00 bits per heavy atom. The Kier molecular flexibility index (Phi) is 7.76. The van der Waals surface area contributed by atoms with Crippen LogP contribution in [-0.4, -0.2) is 81.6 Å². The summed E-state index contributed by atoms with van der Waals surface area (Å²) < 4.78 is 5.33. The Hall–Kier alpha value is -2.44. The van der Waals surface area contributed by atoms with Crippen LogP contribution in [0, 0.1) is 0 Å². The average Bonchev–Trinajstić information content (AvgIpc) is 2.70. The van der Waals surface area contributed by atoms with Crippen molar-refractivity contribution in [2.75, 3.05) is 58.8 Å². The number of hydrogen-bond acceptors (Lipinski definition) is 4. The van der Waals surface area contributed by atoms with E-state index in [1.807, 2.05) is 12.1 Å². The van der Waals surface area contributed by atoms with Crippen LogP contribution in [0.5, 0.6) is 5.75 Å². The van der Waals surface area contributed by atoms with Gasteiger partial charge in [-0.3, -0.25) is 4.79 Å². The third kappa shape index (κ3) is 6.05. The lowest BCUT2D eigenvalue weighted by Gasteiger charge is -2.38. The number of ether oxygens (including phenoxy) is 1. The first-order valence-corrected chi connectivity index (χ1v) is 9.59. The molecule has 2 rings (SSSR count). The fraction of sp³-hybridized carbons (Fsp3) is 0.600. The number of methoxy groups -OCH3 is 1. The van der Waals surface area contributed by atoms with E-state index in [4.69, 9.17) is 4.74 Å². The van der Waals surface area contributed by atoms with E-state index in [1.54, 1.807) is 26.1 Å². The standard InChI is InChI=1S/C20H33N5O2/c1-6-16(2)22-20(21-15-19(26)23(3)4)25-12-10-24(11-13-25)17-8-7-9-18(14-17)27-5/h7-9,14,16H,6,10-13,15H2,1-5H3,(H,21,22). The van der Waals surface area contributed by atoms with E-state index in [9.17, 15) is 4.79 Å². The molecule has 1 fully saturated rings. The van der Waals surface area contributed by atoms with E-state index in [2.05, 4.69) is 46.1 Å². The average molecular weight is 376 g/mol. The fourth-order valence-electron chi connectivity index (χ4n) is 2.83. The Labute approximate surface area is 163 Å². The lowest BCUT2D eigenvalue weighted by Crippen LogP contribution is -2.54. The summed E-state index contributed by atoms with van der Waals surface area (Å²) in [6, 6.07) is 8.47. The highest BCUT2D eigenvalue weighted by molar-refractivity contribution is 5.85. The lowest BCUT2D eigenvalue weighted by atomic mass is 10.2. The van der Waals surface area contributed by atoms with Crippen molar-refractivity contribution in [2.45, 2.75) is 26.3 Å². The number of piperazine rings is 1. The summed E-state index contributed by atoms with van der Waals surface area (Å²) in [5.74, 6) is 1.70. The van der Waals surface area contributed by atoms with Gasteiger partial charge in [-0.25, -0.2) is 4.99 Å². The van der Waals surface area contributed by atoms with E-state index in [0.29, 0.717) is 6.04 Å². The first kappa shape index (κ1) is 20.9. The molecule has 1 heterocycles.